The standard InChI is InChI=1S/C15H20N2OS/c1-17(11-12-6-5-9-19-12)14(10-16)13-7-3-4-8-15(13)18-2/h3-9,14H,10-11,16H2,1-2H3. The second-order valence-corrected chi connectivity index (χ2v) is 5.52. The van der Waals surface area contributed by atoms with E-state index in [4.69, 9.17) is 10.5 Å². The largest absolute Gasteiger partial charge is 0.496 e. The Balaban J connectivity index is 2.18. The number of para-hydroxylation sites is 1. The minimum Gasteiger partial charge on any atom is -0.496 e. The van der Waals surface area contributed by atoms with Crippen LogP contribution in [-0.2, 0) is 6.54 Å². The van der Waals surface area contributed by atoms with Crippen LogP contribution in [-0.4, -0.2) is 25.6 Å². The molecule has 2 rings (SSSR count). The lowest BCUT2D eigenvalue weighted by Gasteiger charge is -2.28. The highest BCUT2D eigenvalue weighted by molar-refractivity contribution is 7.09. The molecule has 0 saturated carbocycles. The molecule has 1 aromatic carbocycles. The maximum absolute atomic E-state index is 5.96. The number of nitrogens with zero attached hydrogens (tertiary/aromatic N) is 1. The molecule has 0 aliphatic carbocycles. The van der Waals surface area contributed by atoms with Crippen molar-refractivity contribution < 1.29 is 4.74 Å². The number of thiophene rings is 1. The Kier molecular flexibility index (Phi) is 4.96. The first-order valence-electron chi connectivity index (χ1n) is 6.32. The molecule has 19 heavy (non-hydrogen) atoms. The third kappa shape index (κ3) is 3.35. The fourth-order valence-electron chi connectivity index (χ4n) is 2.24. The lowest BCUT2D eigenvalue weighted by molar-refractivity contribution is 0.238. The highest BCUT2D eigenvalue weighted by Gasteiger charge is 2.19. The van der Waals surface area contributed by atoms with Crippen molar-refractivity contribution in [3.63, 3.8) is 0 Å². The van der Waals surface area contributed by atoms with Gasteiger partial charge in [-0.25, -0.2) is 0 Å². The molecule has 1 atom stereocenters. The van der Waals surface area contributed by atoms with Crippen molar-refractivity contribution in [2.45, 2.75) is 12.6 Å². The van der Waals surface area contributed by atoms with Crippen LogP contribution in [0.3, 0.4) is 0 Å². The summed E-state index contributed by atoms with van der Waals surface area (Å²) in [6, 6.07) is 12.5. The van der Waals surface area contributed by atoms with Gasteiger partial charge in [-0.15, -0.1) is 11.3 Å². The van der Waals surface area contributed by atoms with Crippen molar-refractivity contribution in [2.75, 3.05) is 20.7 Å². The predicted octanol–water partition coefficient (Wildman–Crippen LogP) is 2.89. The van der Waals surface area contributed by atoms with Gasteiger partial charge in [-0.2, -0.15) is 0 Å². The highest BCUT2D eigenvalue weighted by atomic mass is 32.1. The van der Waals surface area contributed by atoms with Gasteiger partial charge in [-0.05, 0) is 24.6 Å². The lowest BCUT2D eigenvalue weighted by Crippen LogP contribution is -2.30. The van der Waals surface area contributed by atoms with Crippen molar-refractivity contribution in [3.05, 3.63) is 52.2 Å². The average molecular weight is 276 g/mol. The Morgan fingerprint density at radius 2 is 2.05 bits per heavy atom. The lowest BCUT2D eigenvalue weighted by atomic mass is 10.0. The minimum atomic E-state index is 0.165. The molecule has 1 unspecified atom stereocenters. The molecule has 0 aliphatic rings. The summed E-state index contributed by atoms with van der Waals surface area (Å²) in [6.07, 6.45) is 0. The minimum absolute atomic E-state index is 0.165. The molecule has 0 bridgehead atoms. The molecule has 3 nitrogen and oxygen atoms in total. The summed E-state index contributed by atoms with van der Waals surface area (Å²) in [7, 11) is 3.80. The Labute approximate surface area is 118 Å². The van der Waals surface area contributed by atoms with E-state index in [1.54, 1.807) is 18.4 Å². The predicted molar refractivity (Wildman–Crippen MR) is 80.6 cm³/mol. The number of methoxy groups -OCH3 is 1. The van der Waals surface area contributed by atoms with Gasteiger partial charge in [0.05, 0.1) is 13.2 Å². The molecular weight excluding hydrogens is 256 g/mol. The fourth-order valence-corrected chi connectivity index (χ4v) is 3.01. The second kappa shape index (κ2) is 6.70. The van der Waals surface area contributed by atoms with Gasteiger partial charge in [-0.1, -0.05) is 24.3 Å². The maximum Gasteiger partial charge on any atom is 0.123 e. The van der Waals surface area contributed by atoms with Crippen molar-refractivity contribution in [3.8, 4) is 5.75 Å². The summed E-state index contributed by atoms with van der Waals surface area (Å²) in [5.41, 5.74) is 7.11. The van der Waals surface area contributed by atoms with E-state index in [2.05, 4.69) is 35.5 Å². The van der Waals surface area contributed by atoms with E-state index in [9.17, 15) is 0 Å². The van der Waals surface area contributed by atoms with Crippen LogP contribution < -0.4 is 10.5 Å². The topological polar surface area (TPSA) is 38.5 Å². The third-order valence-corrected chi connectivity index (χ3v) is 4.10. The van der Waals surface area contributed by atoms with Crippen molar-refractivity contribution in [1.29, 1.82) is 0 Å². The van der Waals surface area contributed by atoms with E-state index in [0.29, 0.717) is 6.54 Å². The van der Waals surface area contributed by atoms with Crippen LogP contribution in [0, 0.1) is 0 Å². The Hall–Kier alpha value is -1.36. The van der Waals surface area contributed by atoms with Gasteiger partial charge in [0.15, 0.2) is 0 Å². The summed E-state index contributed by atoms with van der Waals surface area (Å²) >= 11 is 1.77. The van der Waals surface area contributed by atoms with Crippen molar-refractivity contribution in [1.82, 2.24) is 4.90 Å². The molecular formula is C15H20N2OS. The number of nitrogens with two attached hydrogens (primary N) is 1. The van der Waals surface area contributed by atoms with Crippen molar-refractivity contribution >= 4 is 11.3 Å². The Bertz CT molecular complexity index is 499. The first-order chi connectivity index (χ1) is 9.26. The fraction of sp³-hybridized carbons (Fsp3) is 0.333. The summed E-state index contributed by atoms with van der Waals surface area (Å²) in [5.74, 6) is 0.899. The normalized spacial score (nSPS) is 12.6. The van der Waals surface area contributed by atoms with E-state index < -0.39 is 0 Å². The summed E-state index contributed by atoms with van der Waals surface area (Å²) in [6.45, 7) is 1.47. The first kappa shape index (κ1) is 14.1. The van der Waals surface area contributed by atoms with Crippen LogP contribution in [0.2, 0.25) is 0 Å². The SMILES string of the molecule is COc1ccccc1C(CN)N(C)Cc1cccs1. The number of hydrogen-bond acceptors (Lipinski definition) is 4. The monoisotopic (exact) mass is 276 g/mol. The summed E-state index contributed by atoms with van der Waals surface area (Å²) in [4.78, 5) is 3.61. The summed E-state index contributed by atoms with van der Waals surface area (Å²) < 4.78 is 5.43. The maximum atomic E-state index is 5.96. The molecule has 1 heterocycles. The molecule has 102 valence electrons. The van der Waals surface area contributed by atoms with Gasteiger partial charge in [0.1, 0.15) is 5.75 Å². The third-order valence-electron chi connectivity index (χ3n) is 3.24. The van der Waals surface area contributed by atoms with Gasteiger partial charge in [0.25, 0.3) is 0 Å². The number of rotatable bonds is 6. The molecule has 2 aromatic rings. The van der Waals surface area contributed by atoms with Gasteiger partial charge in [0.2, 0.25) is 0 Å². The van der Waals surface area contributed by atoms with E-state index in [1.165, 1.54) is 4.88 Å². The van der Waals surface area contributed by atoms with Crippen LogP contribution in [0.15, 0.2) is 41.8 Å². The van der Waals surface area contributed by atoms with Gasteiger partial charge >= 0.3 is 0 Å². The van der Waals surface area contributed by atoms with E-state index in [1.807, 2.05) is 18.2 Å². The molecule has 0 spiro atoms. The quantitative estimate of drug-likeness (QED) is 0.881. The highest BCUT2D eigenvalue weighted by Crippen LogP contribution is 2.29. The van der Waals surface area contributed by atoms with Crippen LogP contribution in [0.5, 0.6) is 5.75 Å². The van der Waals surface area contributed by atoms with Gasteiger partial charge in [0, 0.05) is 23.5 Å². The average Bonchev–Trinajstić information content (AvgIpc) is 2.93. The van der Waals surface area contributed by atoms with Gasteiger partial charge < -0.3 is 10.5 Å². The van der Waals surface area contributed by atoms with Crippen LogP contribution in [0.4, 0.5) is 0 Å². The first-order valence-corrected chi connectivity index (χ1v) is 7.19. The molecule has 2 N–H and O–H groups in total. The van der Waals surface area contributed by atoms with Crippen molar-refractivity contribution in [2.24, 2.45) is 5.73 Å². The molecule has 1 aromatic heterocycles. The Morgan fingerprint density at radius 1 is 1.26 bits per heavy atom. The molecule has 0 radical (unpaired) electrons. The Morgan fingerprint density at radius 3 is 2.68 bits per heavy atom. The van der Waals surface area contributed by atoms with Crippen LogP contribution >= 0.6 is 11.3 Å². The number of benzene rings is 1. The summed E-state index contributed by atoms with van der Waals surface area (Å²) in [5, 5.41) is 2.10. The second-order valence-electron chi connectivity index (χ2n) is 4.49. The molecule has 0 aliphatic heterocycles. The number of ether oxygens (including phenoxy) is 1. The number of hydrogen-bond donors (Lipinski definition) is 1. The van der Waals surface area contributed by atoms with Crippen LogP contribution in [0.1, 0.15) is 16.5 Å². The van der Waals surface area contributed by atoms with E-state index in [-0.39, 0.29) is 6.04 Å². The zero-order valence-electron chi connectivity index (χ0n) is 11.4. The molecule has 4 heteroatoms. The van der Waals surface area contributed by atoms with E-state index >= 15 is 0 Å². The van der Waals surface area contributed by atoms with Crippen LogP contribution in [0.25, 0.3) is 0 Å². The zero-order chi connectivity index (χ0) is 13.7. The smallest absolute Gasteiger partial charge is 0.123 e. The molecule has 0 amide bonds. The number of likely N-dealkylation sites (N-methyl/N-ethyl adjacent to an activating group) is 1. The molecule has 0 saturated heterocycles. The van der Waals surface area contributed by atoms with Gasteiger partial charge in [-0.3, -0.25) is 4.90 Å². The van der Waals surface area contributed by atoms with E-state index in [0.717, 1.165) is 17.9 Å². The zero-order valence-corrected chi connectivity index (χ0v) is 12.2. The molecule has 0 fully saturated rings.